The fourth-order valence-electron chi connectivity index (χ4n) is 1.14. The van der Waals surface area contributed by atoms with Crippen molar-refractivity contribution in [3.05, 3.63) is 29.6 Å². The highest BCUT2D eigenvalue weighted by atomic mass is 16.4. The van der Waals surface area contributed by atoms with Gasteiger partial charge in [-0.25, -0.2) is 9.59 Å². The van der Waals surface area contributed by atoms with Crippen LogP contribution in [-0.2, 0) is 4.79 Å². The maximum Gasteiger partial charge on any atom is 0.336 e. The largest absolute Gasteiger partial charge is 0.479 e. The van der Waals surface area contributed by atoms with Crippen LogP contribution in [0.5, 0.6) is 0 Å². The van der Waals surface area contributed by atoms with Crippen LogP contribution in [0, 0.1) is 0 Å². The molecular formula is C9H9NO6. The zero-order chi connectivity index (χ0) is 12.3. The van der Waals surface area contributed by atoms with Gasteiger partial charge in [-0.15, -0.1) is 0 Å². The number of rotatable bonds is 4. The van der Waals surface area contributed by atoms with Gasteiger partial charge in [0.1, 0.15) is 6.10 Å². The summed E-state index contributed by atoms with van der Waals surface area (Å²) >= 11 is 0. The first-order chi connectivity index (χ1) is 7.45. The molecule has 2 atom stereocenters. The molecule has 0 radical (unpaired) electrons. The number of hydrogen-bond donors (Lipinski definition) is 4. The summed E-state index contributed by atoms with van der Waals surface area (Å²) in [6, 6.07) is 1.11. The van der Waals surface area contributed by atoms with Crippen LogP contribution in [0.2, 0.25) is 0 Å². The van der Waals surface area contributed by atoms with E-state index in [0.717, 1.165) is 12.3 Å². The van der Waals surface area contributed by atoms with Crippen molar-refractivity contribution >= 4 is 11.9 Å². The fraction of sp³-hybridized carbons (Fsp3) is 0.222. The zero-order valence-corrected chi connectivity index (χ0v) is 7.94. The Morgan fingerprint density at radius 2 is 1.88 bits per heavy atom. The first-order valence-corrected chi connectivity index (χ1v) is 4.21. The lowest BCUT2D eigenvalue weighted by atomic mass is 10.0. The number of pyridine rings is 1. The van der Waals surface area contributed by atoms with Gasteiger partial charge in [0.05, 0.1) is 5.56 Å². The lowest BCUT2D eigenvalue weighted by molar-refractivity contribution is -0.153. The maximum atomic E-state index is 10.8. The molecule has 16 heavy (non-hydrogen) atoms. The molecule has 4 N–H and O–H groups in total. The lowest BCUT2D eigenvalue weighted by Gasteiger charge is -2.15. The monoisotopic (exact) mass is 227 g/mol. The van der Waals surface area contributed by atoms with Crippen molar-refractivity contribution in [2.75, 3.05) is 0 Å². The first kappa shape index (κ1) is 12.1. The summed E-state index contributed by atoms with van der Waals surface area (Å²) in [5.41, 5.74) is -0.548. The van der Waals surface area contributed by atoms with Crippen molar-refractivity contribution < 1.29 is 30.0 Å². The number of aliphatic hydroxyl groups is 2. The van der Waals surface area contributed by atoms with Gasteiger partial charge in [0.25, 0.3) is 0 Å². The number of carbonyl (C=O) groups is 2. The highest BCUT2D eigenvalue weighted by Gasteiger charge is 2.28. The molecule has 1 rings (SSSR count). The summed E-state index contributed by atoms with van der Waals surface area (Å²) in [6.45, 7) is 0. The quantitative estimate of drug-likeness (QED) is 0.533. The number of carboxylic acids is 2. The minimum Gasteiger partial charge on any atom is -0.479 e. The highest BCUT2D eigenvalue weighted by molar-refractivity contribution is 5.89. The molecule has 0 aromatic carbocycles. The van der Waals surface area contributed by atoms with E-state index in [9.17, 15) is 14.7 Å². The predicted molar refractivity (Wildman–Crippen MR) is 49.8 cm³/mol. The smallest absolute Gasteiger partial charge is 0.336 e. The van der Waals surface area contributed by atoms with Crippen LogP contribution in [0.15, 0.2) is 18.5 Å². The molecular weight excluding hydrogens is 218 g/mol. The molecule has 0 saturated carbocycles. The molecule has 0 aliphatic heterocycles. The van der Waals surface area contributed by atoms with Gasteiger partial charge in [-0.2, -0.15) is 0 Å². The Labute approximate surface area is 89.6 Å². The molecule has 0 fully saturated rings. The number of hydrogen-bond acceptors (Lipinski definition) is 5. The molecule has 0 saturated heterocycles. The molecule has 2 unspecified atom stereocenters. The zero-order valence-electron chi connectivity index (χ0n) is 7.94. The van der Waals surface area contributed by atoms with Crippen molar-refractivity contribution in [3.63, 3.8) is 0 Å². The van der Waals surface area contributed by atoms with Crippen LogP contribution >= 0.6 is 0 Å². The Morgan fingerprint density at radius 3 is 2.38 bits per heavy atom. The van der Waals surface area contributed by atoms with E-state index < -0.39 is 24.1 Å². The van der Waals surface area contributed by atoms with Gasteiger partial charge in [-0.1, -0.05) is 0 Å². The SMILES string of the molecule is O=C(O)c1ccncc1C(O)C(O)C(=O)O. The van der Waals surface area contributed by atoms with E-state index in [1.165, 1.54) is 6.20 Å². The molecule has 0 spiro atoms. The van der Waals surface area contributed by atoms with E-state index >= 15 is 0 Å². The average Bonchev–Trinajstić information content (AvgIpc) is 2.26. The van der Waals surface area contributed by atoms with Crippen molar-refractivity contribution in [1.82, 2.24) is 4.98 Å². The average molecular weight is 227 g/mol. The van der Waals surface area contributed by atoms with Crippen LogP contribution in [-0.4, -0.2) is 43.5 Å². The Morgan fingerprint density at radius 1 is 1.25 bits per heavy atom. The normalized spacial score (nSPS) is 14.1. The third-order valence-corrected chi connectivity index (χ3v) is 1.95. The summed E-state index contributed by atoms with van der Waals surface area (Å²) in [5.74, 6) is -2.98. The van der Waals surface area contributed by atoms with Gasteiger partial charge in [0, 0.05) is 18.0 Å². The van der Waals surface area contributed by atoms with Gasteiger partial charge in [0.15, 0.2) is 6.10 Å². The Kier molecular flexibility index (Phi) is 3.54. The predicted octanol–water partition coefficient (Wildman–Crippen LogP) is -0.741. The van der Waals surface area contributed by atoms with Crippen LogP contribution in [0.4, 0.5) is 0 Å². The molecule has 0 aliphatic rings. The number of carboxylic acid groups (broad SMARTS) is 2. The summed E-state index contributed by atoms with van der Waals surface area (Å²) in [5, 5.41) is 35.8. The third kappa shape index (κ3) is 2.33. The van der Waals surface area contributed by atoms with Crippen LogP contribution < -0.4 is 0 Å². The first-order valence-electron chi connectivity index (χ1n) is 4.21. The van der Waals surface area contributed by atoms with Crippen molar-refractivity contribution in [2.24, 2.45) is 0 Å². The van der Waals surface area contributed by atoms with E-state index in [0.29, 0.717) is 0 Å². The van der Waals surface area contributed by atoms with E-state index in [4.69, 9.17) is 15.3 Å². The minimum atomic E-state index is -2.10. The van der Waals surface area contributed by atoms with Crippen molar-refractivity contribution in [2.45, 2.75) is 12.2 Å². The van der Waals surface area contributed by atoms with Gasteiger partial charge in [-0.05, 0) is 6.07 Å². The third-order valence-electron chi connectivity index (χ3n) is 1.95. The lowest BCUT2D eigenvalue weighted by Crippen LogP contribution is -2.28. The number of aromatic nitrogens is 1. The van der Waals surface area contributed by atoms with E-state index in [2.05, 4.69) is 4.98 Å². The summed E-state index contributed by atoms with van der Waals surface area (Å²) < 4.78 is 0. The second kappa shape index (κ2) is 4.69. The molecule has 1 heterocycles. The van der Waals surface area contributed by atoms with E-state index in [1.807, 2.05) is 0 Å². The second-order valence-corrected chi connectivity index (χ2v) is 3.00. The molecule has 0 aliphatic carbocycles. The Hall–Kier alpha value is -1.99. The van der Waals surface area contributed by atoms with E-state index in [1.54, 1.807) is 0 Å². The molecule has 0 amide bonds. The standard InChI is InChI=1S/C9H9NO6/c11-6(7(12)9(15)16)5-3-10-2-1-4(5)8(13)14/h1-3,6-7,11-12H,(H,13,14)(H,15,16). The molecule has 1 aromatic heterocycles. The molecule has 7 heteroatoms. The van der Waals surface area contributed by atoms with Crippen LogP contribution in [0.3, 0.4) is 0 Å². The highest BCUT2D eigenvalue weighted by Crippen LogP contribution is 2.20. The van der Waals surface area contributed by atoms with Crippen molar-refractivity contribution in [3.8, 4) is 0 Å². The second-order valence-electron chi connectivity index (χ2n) is 3.00. The van der Waals surface area contributed by atoms with Gasteiger partial charge >= 0.3 is 11.9 Å². The van der Waals surface area contributed by atoms with Gasteiger partial charge in [0.2, 0.25) is 0 Å². The Balaban J connectivity index is 3.12. The van der Waals surface area contributed by atoms with Crippen LogP contribution in [0.1, 0.15) is 22.0 Å². The van der Waals surface area contributed by atoms with E-state index in [-0.39, 0.29) is 11.1 Å². The topological polar surface area (TPSA) is 128 Å². The minimum absolute atomic E-state index is 0.245. The summed E-state index contributed by atoms with van der Waals surface area (Å²) in [6.07, 6.45) is -1.74. The van der Waals surface area contributed by atoms with Gasteiger partial charge in [-0.3, -0.25) is 4.98 Å². The summed E-state index contributed by atoms with van der Waals surface area (Å²) in [7, 11) is 0. The molecule has 1 aromatic rings. The Bertz CT molecular complexity index is 418. The number of nitrogens with zero attached hydrogens (tertiary/aromatic N) is 1. The van der Waals surface area contributed by atoms with Crippen LogP contribution in [0.25, 0.3) is 0 Å². The number of aromatic carboxylic acids is 1. The number of aliphatic carboxylic acids is 1. The number of aliphatic hydroxyl groups excluding tert-OH is 2. The van der Waals surface area contributed by atoms with Crippen molar-refractivity contribution in [1.29, 1.82) is 0 Å². The summed E-state index contributed by atoms with van der Waals surface area (Å²) in [4.78, 5) is 24.7. The molecule has 7 nitrogen and oxygen atoms in total. The fourth-order valence-corrected chi connectivity index (χ4v) is 1.14. The van der Waals surface area contributed by atoms with Gasteiger partial charge < -0.3 is 20.4 Å². The molecule has 86 valence electrons. The molecule has 0 bridgehead atoms. The maximum absolute atomic E-state index is 10.8.